The molecule has 6 nitrogen and oxygen atoms in total. The van der Waals surface area contributed by atoms with Crippen molar-refractivity contribution in [3.63, 3.8) is 0 Å². The van der Waals surface area contributed by atoms with E-state index >= 15 is 0 Å². The highest BCUT2D eigenvalue weighted by Gasteiger charge is 2.19. The van der Waals surface area contributed by atoms with Crippen molar-refractivity contribution in [3.8, 4) is 0 Å². The fourth-order valence-electron chi connectivity index (χ4n) is 5.95. The van der Waals surface area contributed by atoms with Crippen LogP contribution in [0.25, 0.3) is 0 Å². The van der Waals surface area contributed by atoms with E-state index in [-0.39, 0.29) is 38.0 Å². The van der Waals surface area contributed by atoms with Gasteiger partial charge in [0.25, 0.3) is 0 Å². The van der Waals surface area contributed by atoms with Crippen LogP contribution in [0.2, 0.25) is 0 Å². The second-order valence-electron chi connectivity index (χ2n) is 15.3. The fourth-order valence-corrected chi connectivity index (χ4v) is 5.95. The molecule has 6 heteroatoms. The van der Waals surface area contributed by atoms with Gasteiger partial charge in [-0.2, -0.15) is 0 Å². The van der Waals surface area contributed by atoms with Crippen LogP contribution in [0, 0.1) is 0 Å². The molecule has 0 bridgehead atoms. The monoisotopic (exact) mass is 831 g/mol. The first-order chi connectivity index (χ1) is 29.5. The molecular weight excluding hydrogens is 745 g/mol. The first kappa shape index (κ1) is 56.1. The zero-order valence-corrected chi connectivity index (χ0v) is 38.4. The third-order valence-corrected chi connectivity index (χ3v) is 9.53. The van der Waals surface area contributed by atoms with Gasteiger partial charge < -0.3 is 14.2 Å². The van der Waals surface area contributed by atoms with Gasteiger partial charge in [0.2, 0.25) is 0 Å². The predicted octanol–water partition coefficient (Wildman–Crippen LogP) is 15.6. The smallest absolute Gasteiger partial charge is 0.306 e. The standard InChI is InChI=1S/C54H86O6/c1-4-7-10-13-16-19-21-23-25-27-29-30-32-35-38-41-44-47-53(56)59-50-51(49-58-52(55)46-43-40-37-34-18-15-12-9-6-3)60-54(57)48-45-42-39-36-33-31-28-26-24-22-20-17-14-11-8-5-2/h8,11,16-17,19-20,23-26,29-31,33,35,38-39,42,51H,4-7,9-10,12-15,18,21-22,27-28,32,34,36-37,40-41,43-50H2,1-3H3/b11-8-,19-16-,20-17-,25-23-,26-24-,30-29-,33-31-,38-35-,42-39-. The van der Waals surface area contributed by atoms with Crippen LogP contribution >= 0.6 is 0 Å². The van der Waals surface area contributed by atoms with E-state index < -0.39 is 12.1 Å². The summed E-state index contributed by atoms with van der Waals surface area (Å²) in [5.41, 5.74) is 0. The normalized spacial score (nSPS) is 13.1. The third kappa shape index (κ3) is 45.2. The van der Waals surface area contributed by atoms with Crippen molar-refractivity contribution < 1.29 is 28.6 Å². The summed E-state index contributed by atoms with van der Waals surface area (Å²) < 4.78 is 16.6. The van der Waals surface area contributed by atoms with Gasteiger partial charge in [0.05, 0.1) is 0 Å². The summed E-state index contributed by atoms with van der Waals surface area (Å²) in [7, 11) is 0. The van der Waals surface area contributed by atoms with Crippen molar-refractivity contribution in [2.45, 2.75) is 200 Å². The van der Waals surface area contributed by atoms with Crippen LogP contribution in [0.4, 0.5) is 0 Å². The van der Waals surface area contributed by atoms with E-state index in [1.807, 2.05) is 12.2 Å². The molecule has 0 spiro atoms. The summed E-state index contributed by atoms with van der Waals surface area (Å²) in [6.07, 6.45) is 63.8. The number of esters is 3. The second kappa shape index (κ2) is 47.7. The number of unbranched alkanes of at least 4 members (excludes halogenated alkanes) is 12. The summed E-state index contributed by atoms with van der Waals surface area (Å²) in [5, 5.41) is 0. The number of hydrogen-bond donors (Lipinski definition) is 0. The van der Waals surface area contributed by atoms with Crippen molar-refractivity contribution in [1.82, 2.24) is 0 Å². The van der Waals surface area contributed by atoms with Gasteiger partial charge in [-0.05, 0) is 89.9 Å². The lowest BCUT2D eigenvalue weighted by molar-refractivity contribution is -0.166. The van der Waals surface area contributed by atoms with Crippen LogP contribution < -0.4 is 0 Å². The molecule has 0 saturated heterocycles. The Morgan fingerprint density at radius 1 is 0.350 bits per heavy atom. The van der Waals surface area contributed by atoms with Crippen LogP contribution in [0.1, 0.15) is 194 Å². The van der Waals surface area contributed by atoms with Gasteiger partial charge in [0.1, 0.15) is 13.2 Å². The molecule has 0 aromatic heterocycles. The predicted molar refractivity (Wildman–Crippen MR) is 256 cm³/mol. The number of allylic oxidation sites excluding steroid dienone is 18. The maximum atomic E-state index is 12.7. The molecule has 0 radical (unpaired) electrons. The topological polar surface area (TPSA) is 78.9 Å². The van der Waals surface area contributed by atoms with Crippen molar-refractivity contribution >= 4 is 17.9 Å². The molecular formula is C54H86O6. The molecule has 1 unspecified atom stereocenters. The number of ether oxygens (including phenoxy) is 3. The largest absolute Gasteiger partial charge is 0.462 e. The Morgan fingerprint density at radius 2 is 0.700 bits per heavy atom. The van der Waals surface area contributed by atoms with Gasteiger partial charge >= 0.3 is 17.9 Å². The third-order valence-electron chi connectivity index (χ3n) is 9.53. The highest BCUT2D eigenvalue weighted by molar-refractivity contribution is 5.71. The zero-order chi connectivity index (χ0) is 43.7. The number of hydrogen-bond acceptors (Lipinski definition) is 6. The molecule has 0 aliphatic carbocycles. The van der Waals surface area contributed by atoms with Gasteiger partial charge in [-0.1, -0.05) is 194 Å². The first-order valence-corrected chi connectivity index (χ1v) is 23.9. The van der Waals surface area contributed by atoms with E-state index in [0.717, 1.165) is 77.0 Å². The summed E-state index contributed by atoms with van der Waals surface area (Å²) in [6.45, 7) is 6.34. The first-order valence-electron chi connectivity index (χ1n) is 23.9. The van der Waals surface area contributed by atoms with Crippen LogP contribution in [0.3, 0.4) is 0 Å². The van der Waals surface area contributed by atoms with Gasteiger partial charge in [0.15, 0.2) is 6.10 Å². The van der Waals surface area contributed by atoms with Gasteiger partial charge in [0, 0.05) is 19.3 Å². The molecule has 0 fully saturated rings. The quantitative estimate of drug-likeness (QED) is 0.0264. The molecule has 338 valence electrons. The Morgan fingerprint density at radius 3 is 1.15 bits per heavy atom. The Hall–Kier alpha value is -3.93. The fraction of sp³-hybridized carbons (Fsp3) is 0.611. The average molecular weight is 831 g/mol. The lowest BCUT2D eigenvalue weighted by Gasteiger charge is -2.18. The maximum absolute atomic E-state index is 12.7. The van der Waals surface area contributed by atoms with Crippen LogP contribution in [0.15, 0.2) is 109 Å². The highest BCUT2D eigenvalue weighted by atomic mass is 16.6. The van der Waals surface area contributed by atoms with Crippen molar-refractivity contribution in [1.29, 1.82) is 0 Å². The Bertz CT molecular complexity index is 1280. The molecule has 0 aliphatic heterocycles. The molecule has 0 rings (SSSR count). The van der Waals surface area contributed by atoms with E-state index in [2.05, 4.69) is 118 Å². The summed E-state index contributed by atoms with van der Waals surface area (Å²) in [5.74, 6) is -1.08. The Labute approximate surface area is 368 Å². The van der Waals surface area contributed by atoms with Crippen molar-refractivity contribution in [2.75, 3.05) is 13.2 Å². The molecule has 60 heavy (non-hydrogen) atoms. The van der Waals surface area contributed by atoms with Gasteiger partial charge in [-0.15, -0.1) is 0 Å². The highest BCUT2D eigenvalue weighted by Crippen LogP contribution is 2.12. The van der Waals surface area contributed by atoms with Crippen LogP contribution in [-0.2, 0) is 28.6 Å². The molecule has 0 saturated carbocycles. The zero-order valence-electron chi connectivity index (χ0n) is 38.4. The molecule has 0 aliphatic rings. The van der Waals surface area contributed by atoms with Gasteiger partial charge in [-0.25, -0.2) is 0 Å². The van der Waals surface area contributed by atoms with Crippen molar-refractivity contribution in [2.24, 2.45) is 0 Å². The molecule has 0 heterocycles. The minimum Gasteiger partial charge on any atom is -0.462 e. The summed E-state index contributed by atoms with van der Waals surface area (Å²) >= 11 is 0. The molecule has 0 aromatic carbocycles. The van der Waals surface area contributed by atoms with E-state index in [9.17, 15) is 14.4 Å². The number of carbonyl (C=O) groups is 3. The number of rotatable bonds is 41. The Balaban J connectivity index is 4.58. The average Bonchev–Trinajstić information content (AvgIpc) is 3.24. The maximum Gasteiger partial charge on any atom is 0.306 e. The van der Waals surface area contributed by atoms with E-state index in [0.29, 0.717) is 19.3 Å². The van der Waals surface area contributed by atoms with Crippen molar-refractivity contribution in [3.05, 3.63) is 109 Å². The lowest BCUT2D eigenvalue weighted by Crippen LogP contribution is -2.30. The SMILES string of the molecule is CC/C=C\C/C=C\C/C=C\C/C=C\C/C=C\CCC(=O)OC(COC(=O)CCC/C=C\C/C=C\C/C=C\C/C=C\CCCCC)COC(=O)CCCCCCCCCCC. The van der Waals surface area contributed by atoms with E-state index in [1.54, 1.807) is 0 Å². The molecule has 0 amide bonds. The molecule has 1 atom stereocenters. The lowest BCUT2D eigenvalue weighted by atomic mass is 10.1. The minimum absolute atomic E-state index is 0.126. The minimum atomic E-state index is -0.838. The molecule has 0 N–H and O–H groups in total. The summed E-state index contributed by atoms with van der Waals surface area (Å²) in [6, 6.07) is 0. The van der Waals surface area contributed by atoms with Crippen LogP contribution in [-0.4, -0.2) is 37.2 Å². The van der Waals surface area contributed by atoms with Crippen LogP contribution in [0.5, 0.6) is 0 Å². The van der Waals surface area contributed by atoms with Gasteiger partial charge in [-0.3, -0.25) is 14.4 Å². The summed E-state index contributed by atoms with van der Waals surface area (Å²) in [4.78, 5) is 37.7. The second-order valence-corrected chi connectivity index (χ2v) is 15.3. The van der Waals surface area contributed by atoms with E-state index in [1.165, 1.54) is 64.2 Å². The molecule has 0 aromatic rings. The Kier molecular flexibility index (Phi) is 44.6. The van der Waals surface area contributed by atoms with E-state index in [4.69, 9.17) is 14.2 Å². The number of carbonyl (C=O) groups excluding carboxylic acids is 3.